The van der Waals surface area contributed by atoms with Gasteiger partial charge >= 0.3 is 18.8 Å². The van der Waals surface area contributed by atoms with Crippen molar-refractivity contribution in [1.29, 1.82) is 0 Å². The van der Waals surface area contributed by atoms with Crippen LogP contribution in [0.1, 0.15) is 12.8 Å². The lowest BCUT2D eigenvalue weighted by atomic mass is 10.0. The van der Waals surface area contributed by atoms with Gasteiger partial charge in [0, 0.05) is 63.5 Å². The molecule has 16 heteroatoms. The molecule has 2 aliphatic rings. The second kappa shape index (κ2) is 14.2. The van der Waals surface area contributed by atoms with E-state index in [1.165, 1.54) is 24.3 Å². The summed E-state index contributed by atoms with van der Waals surface area (Å²) in [5.41, 5.74) is 0.0504. The summed E-state index contributed by atoms with van der Waals surface area (Å²) in [6.07, 6.45) is -10.1. The average molecular weight is 634 g/mol. The van der Waals surface area contributed by atoms with Gasteiger partial charge < -0.3 is 35.1 Å². The summed E-state index contributed by atoms with van der Waals surface area (Å²) in [7, 11) is 2.04. The third kappa shape index (κ3) is 10.7. The van der Waals surface area contributed by atoms with Gasteiger partial charge in [0.25, 0.3) is 0 Å². The minimum Gasteiger partial charge on any atom is -0.490 e. The number of hydrogen-bond donors (Lipinski definition) is 3. The number of amides is 3. The first-order valence-corrected chi connectivity index (χ1v) is 13.9. The van der Waals surface area contributed by atoms with Crippen molar-refractivity contribution in [1.82, 2.24) is 20.4 Å². The lowest BCUT2D eigenvalue weighted by Crippen LogP contribution is -2.47. The molecule has 2 fully saturated rings. The molecular formula is C28H33F6N5O5. The molecule has 3 unspecified atom stereocenters. The van der Waals surface area contributed by atoms with E-state index in [0.717, 1.165) is 50.4 Å². The predicted molar refractivity (Wildman–Crippen MR) is 146 cm³/mol. The summed E-state index contributed by atoms with van der Waals surface area (Å²) in [4.78, 5) is 30.4. The first-order valence-electron chi connectivity index (χ1n) is 13.9. The number of nitrogens with one attached hydrogen (secondary N) is 3. The Morgan fingerprint density at radius 1 is 0.864 bits per heavy atom. The molecule has 10 nitrogen and oxygen atoms in total. The lowest BCUT2D eigenvalue weighted by molar-refractivity contribution is -0.275. The van der Waals surface area contributed by atoms with Gasteiger partial charge in [0.1, 0.15) is 23.4 Å². The Kier molecular flexibility index (Phi) is 10.7. The molecule has 1 aliphatic heterocycles. The Morgan fingerprint density at radius 2 is 1.50 bits per heavy atom. The van der Waals surface area contributed by atoms with Gasteiger partial charge in [-0.2, -0.15) is 0 Å². The molecule has 1 aliphatic carbocycles. The Morgan fingerprint density at radius 3 is 2.16 bits per heavy atom. The summed E-state index contributed by atoms with van der Waals surface area (Å²) >= 11 is 0. The predicted octanol–water partition coefficient (Wildman–Crippen LogP) is 4.20. The largest absolute Gasteiger partial charge is 0.573 e. The maximum atomic E-state index is 13.2. The maximum absolute atomic E-state index is 13.2. The van der Waals surface area contributed by atoms with Crippen molar-refractivity contribution in [2.75, 3.05) is 51.6 Å². The van der Waals surface area contributed by atoms with Gasteiger partial charge in [-0.3, -0.25) is 9.69 Å². The van der Waals surface area contributed by atoms with Gasteiger partial charge in [0.05, 0.1) is 5.92 Å². The number of rotatable bonds is 10. The van der Waals surface area contributed by atoms with Crippen LogP contribution in [0.3, 0.4) is 0 Å². The number of benzene rings is 2. The molecular weight excluding hydrogens is 600 g/mol. The zero-order valence-electron chi connectivity index (χ0n) is 23.7. The molecule has 1 saturated heterocycles. The number of urea groups is 1. The van der Waals surface area contributed by atoms with Crippen LogP contribution < -0.4 is 30.2 Å². The molecule has 1 heterocycles. The Balaban J connectivity index is 1.37. The van der Waals surface area contributed by atoms with Gasteiger partial charge in [-0.05, 0) is 49.9 Å². The summed E-state index contributed by atoms with van der Waals surface area (Å²) in [5, 5.41) is 8.08. The topological polar surface area (TPSA) is 104 Å². The van der Waals surface area contributed by atoms with Crippen molar-refractivity contribution < 1.29 is 50.1 Å². The fourth-order valence-corrected chi connectivity index (χ4v) is 5.08. The summed E-state index contributed by atoms with van der Waals surface area (Å²) in [6, 6.07) is 8.22. The number of carbonyl (C=O) groups is 2. The molecule has 0 bridgehead atoms. The molecule has 0 radical (unpaired) electrons. The van der Waals surface area contributed by atoms with Crippen LogP contribution >= 0.6 is 0 Å². The van der Waals surface area contributed by atoms with E-state index in [-0.39, 0.29) is 30.2 Å². The minimum absolute atomic E-state index is 0.0504. The summed E-state index contributed by atoms with van der Waals surface area (Å²) in [5.74, 6) is -1.75. The van der Waals surface area contributed by atoms with Gasteiger partial charge in [-0.15, -0.1) is 26.3 Å². The third-order valence-corrected chi connectivity index (χ3v) is 7.17. The second-order valence-electron chi connectivity index (χ2n) is 10.6. The standard InChI is InChI=1S/C28H33F6N5O5/c1-38-11-13-39(14-12-38)10-9-35-25(40)23-16-19(17-24(23)42-20-5-7-21(8-6-20)43-27(29,30)31)37-26(41)36-18-3-2-4-22(15-18)44-28(32,33)34/h2-8,15,19,23-24H,9-14,16-17H2,1H3,(H,35,40)(H2,36,37,41). The molecule has 44 heavy (non-hydrogen) atoms. The van der Waals surface area contributed by atoms with Crippen LogP contribution in [0.15, 0.2) is 48.5 Å². The number of hydrogen-bond acceptors (Lipinski definition) is 7. The van der Waals surface area contributed by atoms with Crippen LogP contribution in [0.4, 0.5) is 36.8 Å². The molecule has 0 spiro atoms. The number of anilines is 1. The van der Waals surface area contributed by atoms with E-state index in [2.05, 4.69) is 35.2 Å². The van der Waals surface area contributed by atoms with E-state index < -0.39 is 48.3 Å². The highest BCUT2D eigenvalue weighted by Crippen LogP contribution is 2.32. The highest BCUT2D eigenvalue weighted by atomic mass is 19.4. The van der Waals surface area contributed by atoms with Gasteiger partial charge in [0.2, 0.25) is 5.91 Å². The molecule has 3 amide bonds. The van der Waals surface area contributed by atoms with Crippen molar-refractivity contribution in [2.24, 2.45) is 5.92 Å². The highest BCUT2D eigenvalue weighted by molar-refractivity contribution is 5.90. The molecule has 3 atom stereocenters. The van der Waals surface area contributed by atoms with Gasteiger partial charge in [-0.1, -0.05) is 6.07 Å². The zero-order chi connectivity index (χ0) is 31.9. The zero-order valence-corrected chi connectivity index (χ0v) is 23.7. The van der Waals surface area contributed by atoms with Crippen molar-refractivity contribution in [3.05, 3.63) is 48.5 Å². The molecule has 2 aromatic carbocycles. The first-order chi connectivity index (χ1) is 20.7. The smallest absolute Gasteiger partial charge is 0.490 e. The fraction of sp³-hybridized carbons (Fsp3) is 0.500. The van der Waals surface area contributed by atoms with E-state index in [1.54, 1.807) is 0 Å². The van der Waals surface area contributed by atoms with E-state index in [0.29, 0.717) is 13.1 Å². The SMILES string of the molecule is CN1CCN(CCNC(=O)C2CC(NC(=O)Nc3cccc(OC(F)(F)F)c3)CC2Oc2ccc(OC(F)(F)F)cc2)CC1. The Labute approximate surface area is 249 Å². The molecule has 242 valence electrons. The summed E-state index contributed by atoms with van der Waals surface area (Å²) < 4.78 is 89.0. The van der Waals surface area contributed by atoms with Crippen LogP contribution in [-0.4, -0.2) is 92.9 Å². The molecule has 4 rings (SSSR count). The molecule has 3 N–H and O–H groups in total. The van der Waals surface area contributed by atoms with Crippen LogP contribution in [0.25, 0.3) is 0 Å². The minimum atomic E-state index is -4.90. The van der Waals surface area contributed by atoms with Crippen LogP contribution in [0, 0.1) is 5.92 Å². The number of alkyl halides is 6. The van der Waals surface area contributed by atoms with Crippen molar-refractivity contribution in [3.63, 3.8) is 0 Å². The van der Waals surface area contributed by atoms with E-state index in [1.807, 2.05) is 7.05 Å². The van der Waals surface area contributed by atoms with Crippen LogP contribution in [0.5, 0.6) is 17.2 Å². The number of halogens is 6. The molecule has 0 aromatic heterocycles. The Bertz CT molecular complexity index is 1250. The van der Waals surface area contributed by atoms with Crippen molar-refractivity contribution in [3.8, 4) is 17.2 Å². The molecule has 2 aromatic rings. The van der Waals surface area contributed by atoms with Gasteiger partial charge in [-0.25, -0.2) is 4.79 Å². The van der Waals surface area contributed by atoms with E-state index in [9.17, 15) is 35.9 Å². The number of carbonyl (C=O) groups excluding carboxylic acids is 2. The Hall–Kier alpha value is -3.92. The quantitative estimate of drug-likeness (QED) is 0.337. The van der Waals surface area contributed by atoms with Crippen molar-refractivity contribution in [2.45, 2.75) is 37.7 Å². The number of nitrogens with zero attached hydrogens (tertiary/aromatic N) is 2. The van der Waals surface area contributed by atoms with E-state index in [4.69, 9.17) is 4.74 Å². The summed E-state index contributed by atoms with van der Waals surface area (Å²) in [6.45, 7) is 4.65. The average Bonchev–Trinajstić information content (AvgIpc) is 3.31. The number of piperazine rings is 1. The van der Waals surface area contributed by atoms with Crippen LogP contribution in [-0.2, 0) is 4.79 Å². The fourth-order valence-electron chi connectivity index (χ4n) is 5.08. The van der Waals surface area contributed by atoms with Gasteiger partial charge in [0.15, 0.2) is 0 Å². The number of likely N-dealkylation sites (N-methyl/N-ethyl adjacent to an activating group) is 1. The monoisotopic (exact) mass is 633 g/mol. The second-order valence-corrected chi connectivity index (χ2v) is 10.6. The third-order valence-electron chi connectivity index (χ3n) is 7.17. The highest BCUT2D eigenvalue weighted by Gasteiger charge is 2.41. The lowest BCUT2D eigenvalue weighted by Gasteiger charge is -2.32. The molecule has 1 saturated carbocycles. The van der Waals surface area contributed by atoms with Crippen LogP contribution in [0.2, 0.25) is 0 Å². The first kappa shape index (κ1) is 33.0. The normalized spacial score (nSPS) is 21.4. The van der Waals surface area contributed by atoms with E-state index >= 15 is 0 Å². The number of ether oxygens (including phenoxy) is 3. The van der Waals surface area contributed by atoms with Crippen molar-refractivity contribution >= 4 is 17.6 Å². The maximum Gasteiger partial charge on any atom is 0.573 e.